The molecule has 0 atom stereocenters. The van der Waals surface area contributed by atoms with Gasteiger partial charge in [-0.15, -0.1) is 0 Å². The van der Waals surface area contributed by atoms with Crippen LogP contribution in [0.15, 0.2) is 0 Å². The third kappa shape index (κ3) is 4.62. The normalized spacial score (nSPS) is 13.8. The molecule has 0 bridgehead atoms. The lowest BCUT2D eigenvalue weighted by atomic mass is 9.77. The van der Waals surface area contributed by atoms with E-state index >= 15 is 0 Å². The molecule has 0 aliphatic carbocycles. The van der Waals surface area contributed by atoms with E-state index in [1.165, 1.54) is 25.7 Å². The molecule has 0 rings (SSSR count). The molecule has 0 fully saturated rings. The van der Waals surface area contributed by atoms with Crippen LogP contribution in [0.4, 0.5) is 0 Å². The summed E-state index contributed by atoms with van der Waals surface area (Å²) in [7, 11) is 0. The molecule has 17 heavy (non-hydrogen) atoms. The highest BCUT2D eigenvalue weighted by atomic mass is 15.0. The van der Waals surface area contributed by atoms with Gasteiger partial charge in [0.25, 0.3) is 0 Å². The molecule has 0 amide bonds. The Morgan fingerprint density at radius 3 is 1.06 bits per heavy atom. The number of hydrogen-bond donors (Lipinski definition) is 1. The Morgan fingerprint density at radius 1 is 0.647 bits per heavy atom. The predicted molar refractivity (Wildman–Crippen MR) is 79.4 cm³/mol. The lowest BCUT2D eigenvalue weighted by Crippen LogP contribution is -2.58. The molecule has 1 heteroatoms. The Hall–Kier alpha value is -0.0400. The van der Waals surface area contributed by atoms with Crippen LogP contribution in [0, 0.1) is 11.8 Å². The van der Waals surface area contributed by atoms with Crippen molar-refractivity contribution >= 4 is 0 Å². The number of nitrogens with one attached hydrogen (secondary N) is 1. The maximum atomic E-state index is 3.94. The molecule has 1 N–H and O–H groups in total. The lowest BCUT2D eigenvalue weighted by molar-refractivity contribution is 0.131. The quantitative estimate of drug-likeness (QED) is 0.630. The zero-order valence-electron chi connectivity index (χ0n) is 13.5. The summed E-state index contributed by atoms with van der Waals surface area (Å²) in [6.45, 7) is 18.7. The second-order valence-electron chi connectivity index (χ2n) is 6.60. The molecule has 1 nitrogen and oxygen atoms in total. The van der Waals surface area contributed by atoms with Crippen LogP contribution in [0.3, 0.4) is 0 Å². The molecule has 0 unspecified atom stereocenters. The highest BCUT2D eigenvalue weighted by molar-refractivity contribution is 4.95. The van der Waals surface area contributed by atoms with Gasteiger partial charge in [-0.3, -0.25) is 0 Å². The zero-order valence-corrected chi connectivity index (χ0v) is 13.5. The van der Waals surface area contributed by atoms with E-state index in [9.17, 15) is 0 Å². The van der Waals surface area contributed by atoms with Gasteiger partial charge in [0, 0.05) is 11.1 Å². The Kier molecular flexibility index (Phi) is 6.76. The average molecular weight is 241 g/mol. The van der Waals surface area contributed by atoms with E-state index in [1.807, 2.05) is 0 Å². The van der Waals surface area contributed by atoms with Crippen molar-refractivity contribution in [3.05, 3.63) is 0 Å². The molecule has 0 aliphatic heterocycles. The van der Waals surface area contributed by atoms with E-state index in [2.05, 4.69) is 60.7 Å². The van der Waals surface area contributed by atoms with Gasteiger partial charge in [-0.2, -0.15) is 0 Å². The highest BCUT2D eigenvalue weighted by Crippen LogP contribution is 2.30. The minimum absolute atomic E-state index is 0.232. The summed E-state index contributed by atoms with van der Waals surface area (Å²) in [5.74, 6) is 1.52. The van der Waals surface area contributed by atoms with Gasteiger partial charge in [-0.25, -0.2) is 0 Å². The van der Waals surface area contributed by atoms with Crippen molar-refractivity contribution in [2.45, 2.75) is 92.2 Å². The van der Waals surface area contributed by atoms with E-state index in [0.717, 1.165) is 11.8 Å². The van der Waals surface area contributed by atoms with Gasteiger partial charge in [0.05, 0.1) is 0 Å². The zero-order chi connectivity index (χ0) is 13.7. The van der Waals surface area contributed by atoms with Crippen LogP contribution in [-0.2, 0) is 0 Å². The van der Waals surface area contributed by atoms with Crippen LogP contribution >= 0.6 is 0 Å². The van der Waals surface area contributed by atoms with Crippen LogP contribution in [-0.4, -0.2) is 11.1 Å². The Bertz CT molecular complexity index is 176. The Balaban J connectivity index is 4.78. The average Bonchev–Trinajstić information content (AvgIpc) is 2.18. The van der Waals surface area contributed by atoms with Gasteiger partial charge in [0.1, 0.15) is 0 Å². The van der Waals surface area contributed by atoms with Gasteiger partial charge < -0.3 is 5.32 Å². The van der Waals surface area contributed by atoms with E-state index in [1.54, 1.807) is 0 Å². The first-order chi connectivity index (χ1) is 7.75. The van der Waals surface area contributed by atoms with Crippen LogP contribution in [0.25, 0.3) is 0 Å². The summed E-state index contributed by atoms with van der Waals surface area (Å²) < 4.78 is 0. The van der Waals surface area contributed by atoms with E-state index < -0.39 is 0 Å². The van der Waals surface area contributed by atoms with Gasteiger partial charge in [-0.1, -0.05) is 53.4 Å². The van der Waals surface area contributed by atoms with Gasteiger partial charge in [-0.05, 0) is 39.5 Å². The summed E-state index contributed by atoms with van der Waals surface area (Å²) in [6, 6.07) is 0. The maximum Gasteiger partial charge on any atom is 0.0158 e. The maximum absolute atomic E-state index is 3.94. The van der Waals surface area contributed by atoms with Crippen molar-refractivity contribution in [3.63, 3.8) is 0 Å². The predicted octanol–water partition coefficient (Wildman–Crippen LogP) is 5.01. The van der Waals surface area contributed by atoms with Crippen molar-refractivity contribution in [3.8, 4) is 0 Å². The van der Waals surface area contributed by atoms with E-state index in [-0.39, 0.29) is 11.1 Å². The van der Waals surface area contributed by atoms with Crippen LogP contribution in [0.5, 0.6) is 0 Å². The minimum atomic E-state index is 0.232. The van der Waals surface area contributed by atoms with Gasteiger partial charge in [0.15, 0.2) is 0 Å². The second kappa shape index (κ2) is 6.78. The first kappa shape index (κ1) is 17.0. The number of hydrogen-bond acceptors (Lipinski definition) is 1. The molecule has 0 aromatic carbocycles. The molecule has 0 saturated heterocycles. The van der Waals surface area contributed by atoms with Crippen molar-refractivity contribution < 1.29 is 0 Å². The molecule has 104 valence electrons. The summed E-state index contributed by atoms with van der Waals surface area (Å²) in [6.07, 6.45) is 5.04. The first-order valence-corrected chi connectivity index (χ1v) is 7.54. The largest absolute Gasteiger partial charge is 0.306 e. The second-order valence-corrected chi connectivity index (χ2v) is 6.60. The first-order valence-electron chi connectivity index (χ1n) is 7.54. The van der Waals surface area contributed by atoms with E-state index in [4.69, 9.17) is 0 Å². The monoisotopic (exact) mass is 241 g/mol. The standard InChI is InChI=1S/C16H35N/c1-9-13(10-2)15(5,6)17-16(7,8)14(11-3)12-4/h13-14,17H,9-12H2,1-8H3. The molecule has 0 spiro atoms. The molecular formula is C16H35N. The molecule has 0 saturated carbocycles. The summed E-state index contributed by atoms with van der Waals surface area (Å²) in [5.41, 5.74) is 0.463. The van der Waals surface area contributed by atoms with Crippen molar-refractivity contribution in [2.24, 2.45) is 11.8 Å². The summed E-state index contributed by atoms with van der Waals surface area (Å²) in [4.78, 5) is 0. The molecule has 0 heterocycles. The fraction of sp³-hybridized carbons (Fsp3) is 1.00. The van der Waals surface area contributed by atoms with Gasteiger partial charge >= 0.3 is 0 Å². The van der Waals surface area contributed by atoms with E-state index in [0.29, 0.717) is 0 Å². The van der Waals surface area contributed by atoms with Crippen molar-refractivity contribution in [1.82, 2.24) is 5.32 Å². The molecule has 0 aliphatic rings. The molecule has 0 aromatic heterocycles. The van der Waals surface area contributed by atoms with Crippen molar-refractivity contribution in [1.29, 1.82) is 0 Å². The fourth-order valence-electron chi connectivity index (χ4n) is 3.65. The van der Waals surface area contributed by atoms with Crippen LogP contribution in [0.1, 0.15) is 81.1 Å². The van der Waals surface area contributed by atoms with Crippen molar-refractivity contribution in [2.75, 3.05) is 0 Å². The summed E-state index contributed by atoms with van der Waals surface area (Å²) >= 11 is 0. The van der Waals surface area contributed by atoms with Crippen LogP contribution < -0.4 is 5.32 Å². The lowest BCUT2D eigenvalue weighted by Gasteiger charge is -2.45. The van der Waals surface area contributed by atoms with Gasteiger partial charge in [0.2, 0.25) is 0 Å². The third-order valence-corrected chi connectivity index (χ3v) is 4.66. The third-order valence-electron chi connectivity index (χ3n) is 4.66. The fourth-order valence-corrected chi connectivity index (χ4v) is 3.65. The summed E-state index contributed by atoms with van der Waals surface area (Å²) in [5, 5.41) is 3.94. The molecular weight excluding hydrogens is 206 g/mol. The van der Waals surface area contributed by atoms with Crippen LogP contribution in [0.2, 0.25) is 0 Å². The molecule has 0 radical (unpaired) electrons. The Morgan fingerprint density at radius 2 is 0.882 bits per heavy atom. The minimum Gasteiger partial charge on any atom is -0.306 e. The smallest absolute Gasteiger partial charge is 0.0158 e. The SMILES string of the molecule is CCC(CC)C(C)(C)NC(C)(C)C(CC)CC. The number of rotatable bonds is 8. The molecule has 0 aromatic rings. The topological polar surface area (TPSA) is 12.0 Å². The highest BCUT2D eigenvalue weighted by Gasteiger charge is 2.35. The Labute approximate surface area is 110 Å².